The SMILES string of the molecule is O=C(Cc1ccccc1[N+](=O)[O-])NN=Cc1ccc(N2CCCC2)c2ccccc12. The van der Waals surface area contributed by atoms with Crippen molar-refractivity contribution >= 4 is 34.3 Å². The minimum atomic E-state index is -0.486. The van der Waals surface area contributed by atoms with Crippen LogP contribution in [0.25, 0.3) is 10.8 Å². The van der Waals surface area contributed by atoms with Gasteiger partial charge in [-0.1, -0.05) is 48.5 Å². The first-order valence-corrected chi connectivity index (χ1v) is 9.94. The summed E-state index contributed by atoms with van der Waals surface area (Å²) in [6.07, 6.45) is 3.93. The molecular weight excluding hydrogens is 380 g/mol. The lowest BCUT2D eigenvalue weighted by Gasteiger charge is -2.20. The number of fused-ring (bicyclic) bond motifs is 1. The summed E-state index contributed by atoms with van der Waals surface area (Å²) in [5, 5.41) is 17.4. The van der Waals surface area contributed by atoms with Crippen LogP contribution < -0.4 is 10.3 Å². The number of nitrogens with one attached hydrogen (secondary N) is 1. The molecular formula is C23H22N4O3. The quantitative estimate of drug-likeness (QED) is 0.383. The van der Waals surface area contributed by atoms with E-state index in [1.807, 2.05) is 24.3 Å². The van der Waals surface area contributed by atoms with Crippen molar-refractivity contribution in [3.63, 3.8) is 0 Å². The second kappa shape index (κ2) is 8.73. The Labute approximate surface area is 174 Å². The van der Waals surface area contributed by atoms with E-state index in [0.717, 1.165) is 29.4 Å². The van der Waals surface area contributed by atoms with Gasteiger partial charge in [-0.2, -0.15) is 5.10 Å². The van der Waals surface area contributed by atoms with Gasteiger partial charge in [-0.25, -0.2) is 5.43 Å². The highest BCUT2D eigenvalue weighted by atomic mass is 16.6. The van der Waals surface area contributed by atoms with Gasteiger partial charge in [-0.15, -0.1) is 0 Å². The van der Waals surface area contributed by atoms with Gasteiger partial charge < -0.3 is 4.90 Å². The molecule has 0 radical (unpaired) electrons. The van der Waals surface area contributed by atoms with Crippen LogP contribution in [0.15, 0.2) is 65.8 Å². The predicted molar refractivity (Wildman–Crippen MR) is 118 cm³/mol. The van der Waals surface area contributed by atoms with Gasteiger partial charge in [0.15, 0.2) is 0 Å². The van der Waals surface area contributed by atoms with Crippen LogP contribution in [0.4, 0.5) is 11.4 Å². The molecule has 1 aliphatic rings. The van der Waals surface area contributed by atoms with Crippen LogP contribution in [-0.2, 0) is 11.2 Å². The topological polar surface area (TPSA) is 87.8 Å². The molecule has 0 aliphatic carbocycles. The number of para-hydroxylation sites is 1. The van der Waals surface area contributed by atoms with Gasteiger partial charge in [0.25, 0.3) is 5.69 Å². The number of hydrazone groups is 1. The number of hydrogen-bond donors (Lipinski definition) is 1. The van der Waals surface area contributed by atoms with Crippen molar-refractivity contribution in [2.75, 3.05) is 18.0 Å². The molecule has 3 aromatic carbocycles. The zero-order valence-corrected chi connectivity index (χ0v) is 16.5. The van der Waals surface area contributed by atoms with Crippen molar-refractivity contribution in [2.45, 2.75) is 19.3 Å². The van der Waals surface area contributed by atoms with E-state index in [2.05, 4.69) is 27.6 Å². The van der Waals surface area contributed by atoms with Crippen LogP contribution in [-0.4, -0.2) is 30.1 Å². The smallest absolute Gasteiger partial charge is 0.273 e. The molecule has 0 unspecified atom stereocenters. The molecule has 1 fully saturated rings. The molecule has 7 nitrogen and oxygen atoms in total. The maximum atomic E-state index is 12.2. The number of amides is 1. The Morgan fingerprint density at radius 2 is 1.73 bits per heavy atom. The van der Waals surface area contributed by atoms with Crippen molar-refractivity contribution in [1.82, 2.24) is 5.43 Å². The fourth-order valence-electron chi connectivity index (χ4n) is 3.88. The molecule has 30 heavy (non-hydrogen) atoms. The minimum Gasteiger partial charge on any atom is -0.371 e. The normalized spacial score (nSPS) is 13.8. The molecule has 1 amide bonds. The number of hydrogen-bond acceptors (Lipinski definition) is 5. The first-order valence-electron chi connectivity index (χ1n) is 9.94. The third-order valence-electron chi connectivity index (χ3n) is 5.31. The Bertz CT molecular complexity index is 1120. The molecule has 1 aliphatic heterocycles. The van der Waals surface area contributed by atoms with Crippen LogP contribution >= 0.6 is 0 Å². The molecule has 0 bridgehead atoms. The Morgan fingerprint density at radius 3 is 2.50 bits per heavy atom. The molecule has 152 valence electrons. The van der Waals surface area contributed by atoms with Gasteiger partial charge in [-0.3, -0.25) is 14.9 Å². The maximum Gasteiger partial charge on any atom is 0.273 e. The Kier molecular flexibility index (Phi) is 5.70. The molecule has 0 spiro atoms. The van der Waals surface area contributed by atoms with E-state index < -0.39 is 10.8 Å². The van der Waals surface area contributed by atoms with E-state index in [1.54, 1.807) is 24.4 Å². The molecule has 0 atom stereocenters. The van der Waals surface area contributed by atoms with Crippen molar-refractivity contribution in [3.05, 3.63) is 81.9 Å². The van der Waals surface area contributed by atoms with Crippen molar-refractivity contribution in [2.24, 2.45) is 5.10 Å². The van der Waals surface area contributed by atoms with Gasteiger partial charge >= 0.3 is 0 Å². The summed E-state index contributed by atoms with van der Waals surface area (Å²) in [6.45, 7) is 2.14. The van der Waals surface area contributed by atoms with Crippen LogP contribution in [0.3, 0.4) is 0 Å². The summed E-state index contributed by atoms with van der Waals surface area (Å²) in [7, 11) is 0. The molecule has 0 saturated carbocycles. The summed E-state index contributed by atoms with van der Waals surface area (Å²) in [5.74, 6) is -0.404. The van der Waals surface area contributed by atoms with E-state index in [0.29, 0.717) is 5.56 Å². The van der Waals surface area contributed by atoms with E-state index in [4.69, 9.17) is 0 Å². The average Bonchev–Trinajstić information content (AvgIpc) is 3.28. The number of rotatable bonds is 6. The van der Waals surface area contributed by atoms with E-state index >= 15 is 0 Å². The number of anilines is 1. The Morgan fingerprint density at radius 1 is 1.03 bits per heavy atom. The van der Waals surface area contributed by atoms with Crippen LogP contribution in [0, 0.1) is 10.1 Å². The van der Waals surface area contributed by atoms with E-state index in [9.17, 15) is 14.9 Å². The summed E-state index contributed by atoms with van der Waals surface area (Å²) in [4.78, 5) is 25.2. The summed E-state index contributed by atoms with van der Waals surface area (Å²) < 4.78 is 0. The molecule has 3 aromatic rings. The van der Waals surface area contributed by atoms with Gasteiger partial charge in [0.1, 0.15) is 0 Å². The zero-order valence-electron chi connectivity index (χ0n) is 16.5. The molecule has 1 heterocycles. The lowest BCUT2D eigenvalue weighted by atomic mass is 10.0. The summed E-state index contributed by atoms with van der Waals surface area (Å²) in [5.41, 5.74) is 4.89. The highest BCUT2D eigenvalue weighted by molar-refractivity contribution is 6.05. The summed E-state index contributed by atoms with van der Waals surface area (Å²) in [6, 6.07) is 18.5. The first-order chi connectivity index (χ1) is 14.6. The first kappa shape index (κ1) is 19.6. The van der Waals surface area contributed by atoms with Gasteiger partial charge in [0.05, 0.1) is 17.6 Å². The summed E-state index contributed by atoms with van der Waals surface area (Å²) >= 11 is 0. The van der Waals surface area contributed by atoms with E-state index in [-0.39, 0.29) is 12.1 Å². The predicted octanol–water partition coefficient (Wildman–Crippen LogP) is 4.04. The second-order valence-corrected chi connectivity index (χ2v) is 7.27. The van der Waals surface area contributed by atoms with Gasteiger partial charge in [0.2, 0.25) is 5.91 Å². The standard InChI is InChI=1S/C23H22N4O3/c28-23(15-17-7-1-4-10-21(17)27(29)30)25-24-16-18-11-12-22(26-13-5-6-14-26)20-9-3-2-8-19(18)20/h1-4,7-12,16H,5-6,13-15H2,(H,25,28). The minimum absolute atomic E-state index is 0.0693. The van der Waals surface area contributed by atoms with E-state index in [1.165, 1.54) is 24.6 Å². The average molecular weight is 402 g/mol. The molecule has 1 N–H and O–H groups in total. The monoisotopic (exact) mass is 402 g/mol. The number of benzene rings is 3. The number of carbonyl (C=O) groups excluding carboxylic acids is 1. The van der Waals surface area contributed by atoms with Crippen LogP contribution in [0.5, 0.6) is 0 Å². The second-order valence-electron chi connectivity index (χ2n) is 7.27. The van der Waals surface area contributed by atoms with Crippen LogP contribution in [0.1, 0.15) is 24.0 Å². The van der Waals surface area contributed by atoms with Crippen LogP contribution in [0.2, 0.25) is 0 Å². The Balaban J connectivity index is 1.50. The lowest BCUT2D eigenvalue weighted by Crippen LogP contribution is -2.20. The van der Waals surface area contributed by atoms with Crippen molar-refractivity contribution in [3.8, 4) is 0 Å². The number of nitro groups is 1. The molecule has 4 rings (SSSR count). The highest BCUT2D eigenvalue weighted by Gasteiger charge is 2.16. The Hall–Kier alpha value is -3.74. The molecule has 7 heteroatoms. The molecule has 1 saturated heterocycles. The highest BCUT2D eigenvalue weighted by Crippen LogP contribution is 2.31. The van der Waals surface area contributed by atoms with Gasteiger partial charge in [0, 0.05) is 41.4 Å². The number of carbonyl (C=O) groups is 1. The van der Waals surface area contributed by atoms with Crippen molar-refractivity contribution < 1.29 is 9.72 Å². The largest absolute Gasteiger partial charge is 0.371 e. The van der Waals surface area contributed by atoms with Gasteiger partial charge in [-0.05, 0) is 24.3 Å². The molecule has 0 aromatic heterocycles. The van der Waals surface area contributed by atoms with Crippen molar-refractivity contribution in [1.29, 1.82) is 0 Å². The zero-order chi connectivity index (χ0) is 20.9. The fraction of sp³-hybridized carbons (Fsp3) is 0.217. The fourth-order valence-corrected chi connectivity index (χ4v) is 3.88. The lowest BCUT2D eigenvalue weighted by molar-refractivity contribution is -0.385. The number of nitro benzene ring substituents is 1. The third kappa shape index (κ3) is 4.15. The number of nitrogens with zero attached hydrogens (tertiary/aromatic N) is 3. The maximum absolute atomic E-state index is 12.2. The third-order valence-corrected chi connectivity index (χ3v) is 5.31.